The zero-order valence-electron chi connectivity index (χ0n) is 23.8. The van der Waals surface area contributed by atoms with Crippen LogP contribution in [0.5, 0.6) is 5.75 Å². The maximum Gasteiger partial charge on any atom is 0.261 e. The summed E-state index contributed by atoms with van der Waals surface area (Å²) >= 11 is 16.3. The number of carbonyl (C=O) groups is 2. The SMILES string of the molecule is CC(C)(C)c1ccc(OCC(=O)N(Cc2ccc(Cl)cc2Cl)[C@@H](Cc2ccccc2)C(=O)NC2CCCC2)c(Br)c1. The fourth-order valence-electron chi connectivity index (χ4n) is 5.06. The molecule has 0 aromatic heterocycles. The highest BCUT2D eigenvalue weighted by Gasteiger charge is 2.33. The normalized spacial score (nSPS) is 14.5. The second kappa shape index (κ2) is 14.1. The molecule has 0 spiro atoms. The lowest BCUT2D eigenvalue weighted by Gasteiger charge is -2.32. The van der Waals surface area contributed by atoms with Gasteiger partial charge < -0.3 is 15.0 Å². The van der Waals surface area contributed by atoms with Gasteiger partial charge in [0.25, 0.3) is 5.91 Å². The quantitative estimate of drug-likeness (QED) is 0.239. The Labute approximate surface area is 261 Å². The summed E-state index contributed by atoms with van der Waals surface area (Å²) in [5, 5.41) is 4.15. The number of hydrogen-bond acceptors (Lipinski definition) is 3. The predicted octanol–water partition coefficient (Wildman–Crippen LogP) is 8.13. The molecule has 1 saturated carbocycles. The molecule has 5 nitrogen and oxygen atoms in total. The van der Waals surface area contributed by atoms with Crippen LogP contribution in [0.3, 0.4) is 0 Å². The Morgan fingerprint density at radius 2 is 1.73 bits per heavy atom. The van der Waals surface area contributed by atoms with Crippen LogP contribution in [0.15, 0.2) is 71.2 Å². The molecule has 3 aromatic carbocycles. The average Bonchev–Trinajstić information content (AvgIpc) is 3.44. The molecule has 0 unspecified atom stereocenters. The first-order valence-corrected chi connectivity index (χ1v) is 15.6. The monoisotopic (exact) mass is 658 g/mol. The van der Waals surface area contributed by atoms with Gasteiger partial charge in [-0.05, 0) is 75.1 Å². The summed E-state index contributed by atoms with van der Waals surface area (Å²) in [5.41, 5.74) is 2.78. The zero-order valence-corrected chi connectivity index (χ0v) is 26.9. The number of ether oxygens (including phenoxy) is 1. The molecular formula is C33H37BrCl2N2O3. The van der Waals surface area contributed by atoms with Gasteiger partial charge in [0.2, 0.25) is 5.91 Å². The number of nitrogens with one attached hydrogen (secondary N) is 1. The third-order valence-electron chi connectivity index (χ3n) is 7.48. The van der Waals surface area contributed by atoms with E-state index in [9.17, 15) is 9.59 Å². The molecule has 1 atom stereocenters. The van der Waals surface area contributed by atoms with Crippen LogP contribution in [-0.2, 0) is 28.0 Å². The highest BCUT2D eigenvalue weighted by molar-refractivity contribution is 9.10. The molecule has 41 heavy (non-hydrogen) atoms. The van der Waals surface area contributed by atoms with Gasteiger partial charge in [0, 0.05) is 29.1 Å². The third kappa shape index (κ3) is 8.73. The van der Waals surface area contributed by atoms with E-state index in [4.69, 9.17) is 27.9 Å². The smallest absolute Gasteiger partial charge is 0.261 e. The van der Waals surface area contributed by atoms with E-state index in [0.717, 1.165) is 41.3 Å². The molecule has 3 aromatic rings. The molecule has 1 N–H and O–H groups in total. The van der Waals surface area contributed by atoms with Crippen molar-refractivity contribution in [2.24, 2.45) is 0 Å². The Kier molecular flexibility index (Phi) is 10.8. The molecule has 0 bridgehead atoms. The van der Waals surface area contributed by atoms with Crippen molar-refractivity contribution in [3.63, 3.8) is 0 Å². The number of carbonyl (C=O) groups excluding carboxylic acids is 2. The van der Waals surface area contributed by atoms with Gasteiger partial charge in [0.15, 0.2) is 6.61 Å². The van der Waals surface area contributed by atoms with Gasteiger partial charge in [-0.25, -0.2) is 0 Å². The molecular weight excluding hydrogens is 623 g/mol. The van der Waals surface area contributed by atoms with E-state index in [1.54, 1.807) is 23.1 Å². The van der Waals surface area contributed by atoms with E-state index in [1.807, 2.05) is 48.5 Å². The number of hydrogen-bond donors (Lipinski definition) is 1. The Bertz CT molecular complexity index is 1350. The number of benzene rings is 3. The average molecular weight is 660 g/mol. The number of halogens is 3. The molecule has 2 amide bonds. The van der Waals surface area contributed by atoms with Gasteiger partial charge in [0.1, 0.15) is 11.8 Å². The van der Waals surface area contributed by atoms with E-state index < -0.39 is 6.04 Å². The standard InChI is InChI=1S/C33H37BrCl2N2O3/c1-33(2,3)24-14-16-30(27(34)18-24)41-21-31(39)38(20-23-13-15-25(35)19-28(23)36)29(17-22-9-5-4-6-10-22)32(40)37-26-11-7-8-12-26/h4-6,9-10,13-16,18-19,26,29H,7-8,11-12,17,20-21H2,1-3H3,(H,37,40)/t29-/m0/s1. The molecule has 0 saturated heterocycles. The maximum absolute atomic E-state index is 13.9. The lowest BCUT2D eigenvalue weighted by molar-refractivity contribution is -0.143. The first-order chi connectivity index (χ1) is 19.5. The van der Waals surface area contributed by atoms with E-state index in [0.29, 0.717) is 27.8 Å². The molecule has 4 rings (SSSR count). The summed E-state index contributed by atoms with van der Waals surface area (Å²) in [4.78, 5) is 29.4. The van der Waals surface area contributed by atoms with Crippen molar-refractivity contribution in [3.05, 3.63) is 97.9 Å². The summed E-state index contributed by atoms with van der Waals surface area (Å²) < 4.78 is 6.79. The Morgan fingerprint density at radius 3 is 2.37 bits per heavy atom. The number of nitrogens with zero attached hydrogens (tertiary/aromatic N) is 1. The van der Waals surface area contributed by atoms with Crippen LogP contribution < -0.4 is 10.1 Å². The van der Waals surface area contributed by atoms with Gasteiger partial charge in [-0.3, -0.25) is 9.59 Å². The van der Waals surface area contributed by atoms with Gasteiger partial charge >= 0.3 is 0 Å². The van der Waals surface area contributed by atoms with E-state index in [2.05, 4.69) is 42.0 Å². The topological polar surface area (TPSA) is 58.6 Å². The van der Waals surface area contributed by atoms with Gasteiger partial charge in [-0.15, -0.1) is 0 Å². The fraction of sp³-hybridized carbons (Fsp3) is 0.394. The van der Waals surface area contributed by atoms with Gasteiger partial charge in [-0.1, -0.05) is 99.3 Å². The zero-order chi connectivity index (χ0) is 29.6. The van der Waals surface area contributed by atoms with Crippen LogP contribution in [0.4, 0.5) is 0 Å². The molecule has 8 heteroatoms. The minimum absolute atomic E-state index is 0.0249. The summed E-state index contributed by atoms with van der Waals surface area (Å²) in [5.74, 6) is 0.0751. The molecule has 0 heterocycles. The van der Waals surface area contributed by atoms with Crippen molar-refractivity contribution in [3.8, 4) is 5.75 Å². The van der Waals surface area contributed by atoms with Gasteiger partial charge in [0.05, 0.1) is 4.47 Å². The second-order valence-corrected chi connectivity index (χ2v) is 13.3. The summed E-state index contributed by atoms with van der Waals surface area (Å²) in [7, 11) is 0. The minimum atomic E-state index is -0.757. The third-order valence-corrected chi connectivity index (χ3v) is 8.68. The van der Waals surface area contributed by atoms with Crippen LogP contribution in [0.25, 0.3) is 0 Å². The Hall–Kier alpha value is -2.54. The van der Waals surface area contributed by atoms with Crippen molar-refractivity contribution in [1.82, 2.24) is 10.2 Å². The molecule has 218 valence electrons. The summed E-state index contributed by atoms with van der Waals surface area (Å²) in [6.07, 6.45) is 4.44. The van der Waals surface area contributed by atoms with Crippen LogP contribution >= 0.6 is 39.1 Å². The minimum Gasteiger partial charge on any atom is -0.483 e. The summed E-state index contributed by atoms with van der Waals surface area (Å²) in [6.45, 7) is 6.32. The fourth-order valence-corrected chi connectivity index (χ4v) is 6.02. The van der Waals surface area contributed by atoms with Crippen molar-refractivity contribution < 1.29 is 14.3 Å². The largest absolute Gasteiger partial charge is 0.483 e. The number of amides is 2. The van der Waals surface area contributed by atoms with Crippen LogP contribution in [0.1, 0.15) is 63.1 Å². The van der Waals surface area contributed by atoms with E-state index in [-0.39, 0.29) is 36.4 Å². The van der Waals surface area contributed by atoms with E-state index in [1.165, 1.54) is 0 Å². The van der Waals surface area contributed by atoms with Crippen molar-refractivity contribution in [1.29, 1.82) is 0 Å². The van der Waals surface area contributed by atoms with Crippen molar-refractivity contribution >= 4 is 50.9 Å². The first-order valence-electron chi connectivity index (χ1n) is 14.0. The van der Waals surface area contributed by atoms with Crippen LogP contribution in [0.2, 0.25) is 10.0 Å². The molecule has 1 aliphatic rings. The first kappa shape index (κ1) is 31.4. The molecule has 1 aliphatic carbocycles. The maximum atomic E-state index is 13.9. The lowest BCUT2D eigenvalue weighted by atomic mass is 9.87. The Morgan fingerprint density at radius 1 is 1.02 bits per heavy atom. The molecule has 1 fully saturated rings. The predicted molar refractivity (Wildman–Crippen MR) is 170 cm³/mol. The highest BCUT2D eigenvalue weighted by Crippen LogP contribution is 2.32. The lowest BCUT2D eigenvalue weighted by Crippen LogP contribution is -2.53. The second-order valence-electron chi connectivity index (χ2n) is 11.6. The highest BCUT2D eigenvalue weighted by atomic mass is 79.9. The Balaban J connectivity index is 1.63. The summed E-state index contributed by atoms with van der Waals surface area (Å²) in [6, 6.07) is 20.2. The van der Waals surface area contributed by atoms with Gasteiger partial charge in [-0.2, -0.15) is 0 Å². The van der Waals surface area contributed by atoms with Crippen molar-refractivity contribution in [2.75, 3.05) is 6.61 Å². The van der Waals surface area contributed by atoms with Crippen LogP contribution in [0, 0.1) is 0 Å². The van der Waals surface area contributed by atoms with E-state index >= 15 is 0 Å². The number of rotatable bonds is 10. The molecule has 0 aliphatic heterocycles. The van der Waals surface area contributed by atoms with Crippen LogP contribution in [-0.4, -0.2) is 35.4 Å². The van der Waals surface area contributed by atoms with Crippen molar-refractivity contribution in [2.45, 2.75) is 76.9 Å². The molecule has 0 radical (unpaired) electrons.